The van der Waals surface area contributed by atoms with Crippen LogP contribution in [0, 0.1) is 0 Å². The maximum absolute atomic E-state index is 8.83. The van der Waals surface area contributed by atoms with Crippen LogP contribution in [-0.2, 0) is 6.42 Å². The molecule has 0 bridgehead atoms. The van der Waals surface area contributed by atoms with Crippen molar-refractivity contribution >= 4 is 22.2 Å². The average molecular weight is 264 g/mol. The summed E-state index contributed by atoms with van der Waals surface area (Å²) in [5, 5.41) is 21.6. The Morgan fingerprint density at radius 3 is 2.61 bits per heavy atom. The van der Waals surface area contributed by atoms with E-state index in [1.54, 1.807) is 0 Å². The number of rotatable bonds is 5. The second kappa shape index (κ2) is 5.90. The molecule has 1 atom stereocenters. The van der Waals surface area contributed by atoms with Gasteiger partial charge < -0.3 is 16.2 Å². The molecule has 1 aromatic heterocycles. The van der Waals surface area contributed by atoms with Crippen LogP contribution in [0.15, 0.2) is 24.3 Å². The molecule has 18 heavy (non-hydrogen) atoms. The number of nitrogens with one attached hydrogen (secondary N) is 1. The molecule has 0 aliphatic heterocycles. The van der Waals surface area contributed by atoms with Gasteiger partial charge in [-0.25, -0.2) is 0 Å². The fraction of sp³-hybridized carbons (Fsp3) is 0.333. The molecule has 1 unspecified atom stereocenters. The van der Waals surface area contributed by atoms with Crippen molar-refractivity contribution in [2.45, 2.75) is 19.4 Å². The zero-order valence-electron chi connectivity index (χ0n) is 10.1. The molecule has 0 amide bonds. The number of nitrogens with two attached hydrogens (primary N) is 1. The quantitative estimate of drug-likeness (QED) is 0.767. The molecule has 5 nitrogen and oxygen atoms in total. The van der Waals surface area contributed by atoms with Gasteiger partial charge in [-0.15, -0.1) is 10.2 Å². The van der Waals surface area contributed by atoms with Gasteiger partial charge in [-0.2, -0.15) is 0 Å². The van der Waals surface area contributed by atoms with Crippen LogP contribution in [0.2, 0.25) is 0 Å². The van der Waals surface area contributed by atoms with Crippen molar-refractivity contribution in [2.24, 2.45) is 5.73 Å². The number of aliphatic hydroxyl groups is 1. The minimum absolute atomic E-state index is 0.0926. The second-order valence-corrected chi connectivity index (χ2v) is 5.04. The Labute approximate surface area is 110 Å². The minimum atomic E-state index is -0.0926. The topological polar surface area (TPSA) is 84.1 Å². The van der Waals surface area contributed by atoms with E-state index in [9.17, 15) is 0 Å². The smallest absolute Gasteiger partial charge is 0.210 e. The van der Waals surface area contributed by atoms with E-state index >= 15 is 0 Å². The van der Waals surface area contributed by atoms with Gasteiger partial charge >= 0.3 is 0 Å². The first-order chi connectivity index (χ1) is 8.69. The third-order valence-electron chi connectivity index (χ3n) is 2.44. The van der Waals surface area contributed by atoms with Gasteiger partial charge in [0, 0.05) is 12.3 Å². The first-order valence-corrected chi connectivity index (χ1v) is 6.56. The molecule has 4 N–H and O–H groups in total. The molecule has 0 saturated carbocycles. The van der Waals surface area contributed by atoms with Crippen molar-refractivity contribution in [2.75, 3.05) is 11.9 Å². The molecule has 0 aliphatic carbocycles. The summed E-state index contributed by atoms with van der Waals surface area (Å²) in [5.74, 6) is 0. The van der Waals surface area contributed by atoms with Gasteiger partial charge in [0.05, 0.1) is 6.04 Å². The van der Waals surface area contributed by atoms with Gasteiger partial charge in [-0.05, 0) is 31.0 Å². The Hall–Kier alpha value is -1.50. The summed E-state index contributed by atoms with van der Waals surface area (Å²) >= 11 is 1.45. The number of aliphatic hydroxyl groups excluding tert-OH is 1. The maximum atomic E-state index is 8.83. The van der Waals surface area contributed by atoms with Crippen LogP contribution in [0.4, 0.5) is 10.8 Å². The number of benzene rings is 1. The van der Waals surface area contributed by atoms with Crippen molar-refractivity contribution in [1.29, 1.82) is 0 Å². The van der Waals surface area contributed by atoms with Crippen LogP contribution >= 0.6 is 11.3 Å². The molecule has 1 heterocycles. The van der Waals surface area contributed by atoms with Crippen molar-refractivity contribution in [3.05, 3.63) is 34.8 Å². The molecule has 0 fully saturated rings. The minimum Gasteiger partial charge on any atom is -0.396 e. The lowest BCUT2D eigenvalue weighted by molar-refractivity contribution is 0.299. The monoisotopic (exact) mass is 264 g/mol. The lowest BCUT2D eigenvalue weighted by atomic mass is 10.1. The summed E-state index contributed by atoms with van der Waals surface area (Å²) in [6.07, 6.45) is 0.675. The Kier molecular flexibility index (Phi) is 4.24. The van der Waals surface area contributed by atoms with Crippen LogP contribution in [0.5, 0.6) is 0 Å². The van der Waals surface area contributed by atoms with Gasteiger partial charge in [0.1, 0.15) is 5.01 Å². The molecular weight excluding hydrogens is 248 g/mol. The first-order valence-electron chi connectivity index (χ1n) is 5.75. The highest BCUT2D eigenvalue weighted by Gasteiger charge is 2.07. The first kappa shape index (κ1) is 12.9. The Morgan fingerprint density at radius 1 is 1.33 bits per heavy atom. The predicted molar refractivity (Wildman–Crippen MR) is 73.0 cm³/mol. The molecule has 0 radical (unpaired) electrons. The van der Waals surface area contributed by atoms with Crippen LogP contribution in [0.25, 0.3) is 0 Å². The van der Waals surface area contributed by atoms with E-state index in [2.05, 4.69) is 15.5 Å². The van der Waals surface area contributed by atoms with E-state index in [-0.39, 0.29) is 12.6 Å². The SMILES string of the molecule is CC(N)c1nnc(Nc2ccc(CCO)cc2)s1. The predicted octanol–water partition coefficient (Wildman–Crippen LogP) is 1.84. The molecular formula is C12H16N4OS. The highest BCUT2D eigenvalue weighted by atomic mass is 32.1. The van der Waals surface area contributed by atoms with Gasteiger partial charge in [-0.3, -0.25) is 0 Å². The third-order valence-corrected chi connectivity index (χ3v) is 3.48. The molecule has 1 aromatic carbocycles. The number of aromatic nitrogens is 2. The molecule has 6 heteroatoms. The number of nitrogens with zero attached hydrogens (tertiary/aromatic N) is 2. The van der Waals surface area contributed by atoms with Crippen molar-refractivity contribution in [1.82, 2.24) is 10.2 Å². The number of hydrogen-bond acceptors (Lipinski definition) is 6. The van der Waals surface area contributed by atoms with Crippen molar-refractivity contribution in [3.8, 4) is 0 Å². The van der Waals surface area contributed by atoms with Crippen LogP contribution in [0.1, 0.15) is 23.5 Å². The summed E-state index contributed by atoms with van der Waals surface area (Å²) in [4.78, 5) is 0. The molecule has 2 rings (SSSR count). The fourth-order valence-electron chi connectivity index (χ4n) is 1.48. The number of anilines is 2. The highest BCUT2D eigenvalue weighted by molar-refractivity contribution is 7.15. The summed E-state index contributed by atoms with van der Waals surface area (Å²) < 4.78 is 0. The van der Waals surface area contributed by atoms with Gasteiger partial charge in [-0.1, -0.05) is 23.5 Å². The third kappa shape index (κ3) is 3.25. The summed E-state index contributed by atoms with van der Waals surface area (Å²) in [7, 11) is 0. The van der Waals surface area contributed by atoms with Crippen LogP contribution in [-0.4, -0.2) is 21.9 Å². The molecule has 2 aromatic rings. The zero-order valence-corrected chi connectivity index (χ0v) is 10.9. The molecule has 0 spiro atoms. The summed E-state index contributed by atoms with van der Waals surface area (Å²) in [6, 6.07) is 7.78. The Balaban J connectivity index is 2.03. The van der Waals surface area contributed by atoms with Gasteiger partial charge in [0.15, 0.2) is 0 Å². The van der Waals surface area contributed by atoms with Gasteiger partial charge in [0.2, 0.25) is 5.13 Å². The second-order valence-electron chi connectivity index (χ2n) is 4.03. The average Bonchev–Trinajstić information content (AvgIpc) is 2.81. The van der Waals surface area contributed by atoms with E-state index in [0.717, 1.165) is 21.4 Å². The Morgan fingerprint density at radius 2 is 2.06 bits per heavy atom. The summed E-state index contributed by atoms with van der Waals surface area (Å²) in [6.45, 7) is 2.05. The van der Waals surface area contributed by atoms with Crippen LogP contribution in [0.3, 0.4) is 0 Å². The highest BCUT2D eigenvalue weighted by Crippen LogP contribution is 2.23. The molecule has 0 saturated heterocycles. The normalized spacial score (nSPS) is 12.4. The lowest BCUT2D eigenvalue weighted by Gasteiger charge is -2.03. The van der Waals surface area contributed by atoms with E-state index in [1.807, 2.05) is 31.2 Å². The summed E-state index contributed by atoms with van der Waals surface area (Å²) in [5.41, 5.74) is 7.79. The molecule has 96 valence electrons. The zero-order chi connectivity index (χ0) is 13.0. The Bertz CT molecular complexity index is 495. The molecule has 0 aliphatic rings. The van der Waals surface area contributed by atoms with E-state index in [0.29, 0.717) is 6.42 Å². The van der Waals surface area contributed by atoms with Crippen LogP contribution < -0.4 is 11.1 Å². The maximum Gasteiger partial charge on any atom is 0.210 e. The fourth-order valence-corrected chi connectivity index (χ4v) is 2.19. The largest absolute Gasteiger partial charge is 0.396 e. The van der Waals surface area contributed by atoms with E-state index in [4.69, 9.17) is 10.8 Å². The van der Waals surface area contributed by atoms with Crippen molar-refractivity contribution < 1.29 is 5.11 Å². The van der Waals surface area contributed by atoms with E-state index in [1.165, 1.54) is 11.3 Å². The lowest BCUT2D eigenvalue weighted by Crippen LogP contribution is -2.03. The van der Waals surface area contributed by atoms with Crippen molar-refractivity contribution in [3.63, 3.8) is 0 Å². The number of hydrogen-bond donors (Lipinski definition) is 3. The van der Waals surface area contributed by atoms with E-state index < -0.39 is 0 Å². The van der Waals surface area contributed by atoms with Gasteiger partial charge in [0.25, 0.3) is 0 Å². The standard InChI is InChI=1S/C12H16N4OS/c1-8(13)11-15-16-12(18-11)14-10-4-2-9(3-5-10)6-7-17/h2-5,8,17H,6-7,13H2,1H3,(H,14,16).